The van der Waals surface area contributed by atoms with Gasteiger partial charge in [0.15, 0.2) is 0 Å². The van der Waals surface area contributed by atoms with Crippen LogP contribution in [0.4, 0.5) is 4.79 Å². The summed E-state index contributed by atoms with van der Waals surface area (Å²) < 4.78 is 0. The molecule has 0 saturated carbocycles. The van der Waals surface area contributed by atoms with Gasteiger partial charge in [0.1, 0.15) is 5.70 Å². The van der Waals surface area contributed by atoms with Crippen molar-refractivity contribution in [3.05, 3.63) is 23.7 Å². The fourth-order valence-corrected chi connectivity index (χ4v) is 1.42. The SMILES string of the molecule is O=C1N=C2CN1C=C1N=NC=C12. The van der Waals surface area contributed by atoms with E-state index >= 15 is 0 Å². The van der Waals surface area contributed by atoms with Crippen LogP contribution in [0.2, 0.25) is 0 Å². The van der Waals surface area contributed by atoms with Gasteiger partial charge < -0.3 is 0 Å². The lowest BCUT2D eigenvalue weighted by Crippen LogP contribution is -2.25. The number of urea groups is 1. The predicted octanol–water partition coefficient (Wildman–Crippen LogP) is 1.07. The largest absolute Gasteiger partial charge is 0.348 e. The van der Waals surface area contributed by atoms with Gasteiger partial charge in [-0.05, 0) is 0 Å². The van der Waals surface area contributed by atoms with Gasteiger partial charge in [0.05, 0.1) is 18.5 Å². The molecule has 0 aliphatic carbocycles. The van der Waals surface area contributed by atoms with E-state index in [0.717, 1.165) is 17.0 Å². The fourth-order valence-electron chi connectivity index (χ4n) is 1.42. The summed E-state index contributed by atoms with van der Waals surface area (Å²) in [6.45, 7) is 0.569. The summed E-state index contributed by atoms with van der Waals surface area (Å²) in [4.78, 5) is 16.5. The number of hydrogen-bond donors (Lipinski definition) is 0. The van der Waals surface area contributed by atoms with E-state index in [2.05, 4.69) is 15.2 Å². The number of carbonyl (C=O) groups is 1. The van der Waals surface area contributed by atoms with Gasteiger partial charge in [-0.1, -0.05) is 0 Å². The van der Waals surface area contributed by atoms with Crippen molar-refractivity contribution in [1.82, 2.24) is 4.90 Å². The third-order valence-corrected chi connectivity index (χ3v) is 2.01. The molecule has 0 aromatic carbocycles. The highest BCUT2D eigenvalue weighted by Gasteiger charge is 2.32. The van der Waals surface area contributed by atoms with Crippen LogP contribution >= 0.6 is 0 Å². The Balaban J connectivity index is 2.24. The van der Waals surface area contributed by atoms with Crippen LogP contribution in [0.1, 0.15) is 0 Å². The molecule has 58 valence electrons. The molecule has 12 heavy (non-hydrogen) atoms. The van der Waals surface area contributed by atoms with Crippen LogP contribution in [0.3, 0.4) is 0 Å². The van der Waals surface area contributed by atoms with E-state index in [1.165, 1.54) is 4.90 Å². The number of hydrogen-bond acceptors (Lipinski definition) is 3. The molecule has 0 spiro atoms. The van der Waals surface area contributed by atoms with Gasteiger partial charge in [-0.3, -0.25) is 4.90 Å². The van der Waals surface area contributed by atoms with E-state index in [-0.39, 0.29) is 6.03 Å². The average molecular weight is 160 g/mol. The molecule has 0 aromatic rings. The quantitative estimate of drug-likeness (QED) is 0.522. The molecular weight excluding hydrogens is 156 g/mol. The first kappa shape index (κ1) is 5.82. The Morgan fingerprint density at radius 1 is 1.50 bits per heavy atom. The Kier molecular flexibility index (Phi) is 0.818. The van der Waals surface area contributed by atoms with Crippen molar-refractivity contribution < 1.29 is 4.79 Å². The molecule has 0 saturated heterocycles. The number of amides is 2. The molecule has 0 unspecified atom stereocenters. The molecule has 3 aliphatic rings. The van der Waals surface area contributed by atoms with Gasteiger partial charge in [-0.25, -0.2) is 4.79 Å². The maximum Gasteiger partial charge on any atom is 0.348 e. The summed E-state index contributed by atoms with van der Waals surface area (Å²) in [6.07, 6.45) is 3.32. The van der Waals surface area contributed by atoms with Crippen LogP contribution in [0.5, 0.6) is 0 Å². The number of nitrogens with zero attached hydrogens (tertiary/aromatic N) is 4. The summed E-state index contributed by atoms with van der Waals surface area (Å²) in [5.74, 6) is 0. The normalized spacial score (nSPS) is 23.8. The van der Waals surface area contributed by atoms with Gasteiger partial charge in [-0.15, -0.1) is 5.11 Å². The molecule has 0 N–H and O–H groups in total. The first-order valence-corrected chi connectivity index (χ1v) is 3.56. The van der Waals surface area contributed by atoms with Crippen LogP contribution in [0, 0.1) is 0 Å². The smallest absolute Gasteiger partial charge is 0.291 e. The number of allylic oxidation sites excluding steroid dienone is 1. The van der Waals surface area contributed by atoms with E-state index in [1.54, 1.807) is 12.4 Å². The van der Waals surface area contributed by atoms with Crippen molar-refractivity contribution in [2.24, 2.45) is 15.2 Å². The fraction of sp³-hybridized carbons (Fsp3) is 0.143. The highest BCUT2D eigenvalue weighted by Crippen LogP contribution is 2.29. The van der Waals surface area contributed by atoms with Crippen LogP contribution in [-0.2, 0) is 0 Å². The molecule has 5 nitrogen and oxygen atoms in total. The van der Waals surface area contributed by atoms with Crippen LogP contribution in [0.15, 0.2) is 38.9 Å². The molecule has 3 aliphatic heterocycles. The van der Waals surface area contributed by atoms with E-state index < -0.39 is 0 Å². The minimum Gasteiger partial charge on any atom is -0.291 e. The second kappa shape index (κ2) is 1.69. The number of azo groups is 1. The molecule has 2 amide bonds. The van der Waals surface area contributed by atoms with Crippen molar-refractivity contribution in [2.45, 2.75) is 0 Å². The first-order chi connectivity index (χ1) is 5.84. The highest BCUT2D eigenvalue weighted by atomic mass is 16.2. The number of carbonyl (C=O) groups excluding carboxylic acids is 1. The Morgan fingerprint density at radius 3 is 3.33 bits per heavy atom. The summed E-state index contributed by atoms with van der Waals surface area (Å²) in [7, 11) is 0. The molecule has 3 rings (SSSR count). The lowest BCUT2D eigenvalue weighted by molar-refractivity contribution is 0.232. The number of fused-ring (bicyclic) bond motifs is 4. The second-order valence-corrected chi connectivity index (χ2v) is 2.74. The third kappa shape index (κ3) is 0.538. The van der Waals surface area contributed by atoms with E-state index in [4.69, 9.17) is 0 Å². The van der Waals surface area contributed by atoms with Gasteiger partial charge in [0, 0.05) is 11.8 Å². The zero-order chi connectivity index (χ0) is 8.13. The maximum absolute atomic E-state index is 11.1. The molecule has 0 atom stereocenters. The van der Waals surface area contributed by atoms with E-state index in [9.17, 15) is 4.79 Å². The summed E-state index contributed by atoms with van der Waals surface area (Å²) >= 11 is 0. The van der Waals surface area contributed by atoms with Crippen molar-refractivity contribution in [3.63, 3.8) is 0 Å². The topological polar surface area (TPSA) is 57.4 Å². The molecule has 0 aromatic heterocycles. The molecule has 2 bridgehead atoms. The highest BCUT2D eigenvalue weighted by molar-refractivity contribution is 6.15. The Hall–Kier alpha value is -1.78. The van der Waals surface area contributed by atoms with Gasteiger partial charge >= 0.3 is 6.03 Å². The van der Waals surface area contributed by atoms with E-state index in [1.807, 2.05) is 0 Å². The van der Waals surface area contributed by atoms with Crippen LogP contribution in [-0.4, -0.2) is 23.2 Å². The molecule has 0 radical (unpaired) electrons. The zero-order valence-corrected chi connectivity index (χ0v) is 6.06. The van der Waals surface area contributed by atoms with Crippen molar-refractivity contribution in [2.75, 3.05) is 6.54 Å². The van der Waals surface area contributed by atoms with Gasteiger partial charge in [0.2, 0.25) is 0 Å². The van der Waals surface area contributed by atoms with E-state index in [0.29, 0.717) is 6.54 Å². The molecule has 0 fully saturated rings. The summed E-state index contributed by atoms with van der Waals surface area (Å²) in [5, 5.41) is 7.60. The van der Waals surface area contributed by atoms with Crippen LogP contribution < -0.4 is 0 Å². The Bertz CT molecular complexity index is 402. The van der Waals surface area contributed by atoms with Gasteiger partial charge in [0.25, 0.3) is 0 Å². The predicted molar refractivity (Wildman–Crippen MR) is 40.6 cm³/mol. The standard InChI is InChI=1S/C7H4N4O/c12-7-9-5-2-11(7)3-6-4(5)1-8-10-6/h1,3H,2H2. The van der Waals surface area contributed by atoms with Crippen LogP contribution in [0.25, 0.3) is 0 Å². The number of rotatable bonds is 0. The summed E-state index contributed by atoms with van der Waals surface area (Å²) in [5.41, 5.74) is 2.41. The minimum atomic E-state index is -0.206. The minimum absolute atomic E-state index is 0.206. The first-order valence-electron chi connectivity index (χ1n) is 3.56. The summed E-state index contributed by atoms with van der Waals surface area (Å²) in [6, 6.07) is -0.206. The lowest BCUT2D eigenvalue weighted by Gasteiger charge is -2.14. The molecule has 5 heteroatoms. The Labute approximate surface area is 67.8 Å². The Morgan fingerprint density at radius 2 is 2.42 bits per heavy atom. The van der Waals surface area contributed by atoms with Crippen molar-refractivity contribution >= 4 is 11.7 Å². The molecular formula is C7H4N4O. The third-order valence-electron chi connectivity index (χ3n) is 2.01. The second-order valence-electron chi connectivity index (χ2n) is 2.74. The maximum atomic E-state index is 11.1. The zero-order valence-electron chi connectivity index (χ0n) is 6.06. The van der Waals surface area contributed by atoms with Crippen molar-refractivity contribution in [3.8, 4) is 0 Å². The molecule has 3 heterocycles. The number of aliphatic imine (C=N–C) groups is 1. The van der Waals surface area contributed by atoms with Crippen molar-refractivity contribution in [1.29, 1.82) is 0 Å². The lowest BCUT2D eigenvalue weighted by atomic mass is 10.1. The average Bonchev–Trinajstić information content (AvgIpc) is 2.60. The van der Waals surface area contributed by atoms with Gasteiger partial charge in [-0.2, -0.15) is 10.1 Å². The monoisotopic (exact) mass is 160 g/mol.